The Morgan fingerprint density at radius 1 is 1.17 bits per heavy atom. The fraction of sp³-hybridized carbons (Fsp3) is 0.118. The van der Waals surface area contributed by atoms with E-state index in [9.17, 15) is 4.79 Å². The van der Waals surface area contributed by atoms with Crippen molar-refractivity contribution in [3.63, 3.8) is 0 Å². The van der Waals surface area contributed by atoms with Crippen molar-refractivity contribution < 1.29 is 4.79 Å². The zero-order chi connectivity index (χ0) is 17.1. The number of hydrogen-bond acceptors (Lipinski definition) is 3. The van der Waals surface area contributed by atoms with E-state index < -0.39 is 0 Å². The molecule has 2 aromatic carbocycles. The minimum atomic E-state index is -0.257. The van der Waals surface area contributed by atoms with Crippen molar-refractivity contribution in [2.24, 2.45) is 0 Å². The summed E-state index contributed by atoms with van der Waals surface area (Å²) >= 11 is 12.3. The summed E-state index contributed by atoms with van der Waals surface area (Å²) < 4.78 is 1.57. The Balaban J connectivity index is 1.73. The van der Waals surface area contributed by atoms with Gasteiger partial charge in [0.2, 0.25) is 5.95 Å². The van der Waals surface area contributed by atoms with Crippen molar-refractivity contribution in [2.45, 2.75) is 13.5 Å². The molecule has 0 bridgehead atoms. The van der Waals surface area contributed by atoms with Crippen LogP contribution in [0.2, 0.25) is 10.0 Å². The molecule has 7 heteroatoms. The number of nitrogens with one attached hydrogen (secondary N) is 1. The maximum absolute atomic E-state index is 12.2. The number of nitrogens with zero attached hydrogens (tertiary/aromatic N) is 3. The number of carbonyl (C=O) groups excluding carboxylic acids is 1. The second-order valence-corrected chi connectivity index (χ2v) is 6.10. The summed E-state index contributed by atoms with van der Waals surface area (Å²) in [4.78, 5) is 16.3. The van der Waals surface area contributed by atoms with Crippen LogP contribution in [0.25, 0.3) is 0 Å². The van der Waals surface area contributed by atoms with E-state index >= 15 is 0 Å². The molecule has 0 saturated heterocycles. The van der Waals surface area contributed by atoms with E-state index in [-0.39, 0.29) is 11.9 Å². The Hall–Kier alpha value is -2.37. The first kappa shape index (κ1) is 16.5. The number of hydrogen-bond donors (Lipinski definition) is 1. The molecule has 1 N–H and O–H groups in total. The van der Waals surface area contributed by atoms with Crippen molar-refractivity contribution in [1.29, 1.82) is 0 Å². The number of rotatable bonds is 4. The van der Waals surface area contributed by atoms with Crippen molar-refractivity contribution in [1.82, 2.24) is 14.8 Å². The lowest BCUT2D eigenvalue weighted by Gasteiger charge is -2.06. The molecular formula is C17H14Cl2N4O. The van der Waals surface area contributed by atoms with Gasteiger partial charge in [0.15, 0.2) is 0 Å². The van der Waals surface area contributed by atoms with Crippen molar-refractivity contribution in [3.8, 4) is 0 Å². The van der Waals surface area contributed by atoms with Crippen molar-refractivity contribution in [2.75, 3.05) is 5.32 Å². The SMILES string of the molecule is Cc1cccc(C(=O)Nc2ncn(Cc3c(Cl)cccc3Cl)n2)c1. The Labute approximate surface area is 149 Å². The predicted molar refractivity (Wildman–Crippen MR) is 94.7 cm³/mol. The number of aryl methyl sites for hydroxylation is 1. The second kappa shape index (κ2) is 7.03. The summed E-state index contributed by atoms with van der Waals surface area (Å²) in [5.74, 6) is -0.0306. The summed E-state index contributed by atoms with van der Waals surface area (Å²) in [5, 5.41) is 8.02. The zero-order valence-electron chi connectivity index (χ0n) is 12.8. The van der Waals surface area contributed by atoms with Gasteiger partial charge < -0.3 is 0 Å². The molecule has 1 amide bonds. The summed E-state index contributed by atoms with van der Waals surface area (Å²) in [6, 6.07) is 12.6. The van der Waals surface area contributed by atoms with Gasteiger partial charge in [0.25, 0.3) is 5.91 Å². The molecule has 1 heterocycles. The fourth-order valence-corrected chi connectivity index (χ4v) is 2.75. The standard InChI is InChI=1S/C17H14Cl2N4O/c1-11-4-2-5-12(8-11)16(24)21-17-20-10-23(22-17)9-13-14(18)6-3-7-15(13)19/h2-8,10H,9H2,1H3,(H,21,22,24). The van der Waals surface area contributed by atoms with Gasteiger partial charge in [0.05, 0.1) is 6.54 Å². The van der Waals surface area contributed by atoms with Crippen LogP contribution in [-0.2, 0) is 6.54 Å². The van der Waals surface area contributed by atoms with Crippen molar-refractivity contribution in [3.05, 3.63) is 75.5 Å². The van der Waals surface area contributed by atoms with Gasteiger partial charge in [0, 0.05) is 21.2 Å². The molecule has 0 unspecified atom stereocenters. The predicted octanol–water partition coefficient (Wildman–Crippen LogP) is 4.19. The van der Waals surface area contributed by atoms with E-state index in [1.54, 1.807) is 35.0 Å². The molecule has 1 aromatic heterocycles. The molecule has 3 rings (SSSR count). The van der Waals surface area contributed by atoms with Crippen LogP contribution in [0.4, 0.5) is 5.95 Å². The van der Waals surface area contributed by atoms with E-state index in [1.807, 2.05) is 19.1 Å². The summed E-state index contributed by atoms with van der Waals surface area (Å²) in [6.45, 7) is 2.29. The normalized spacial score (nSPS) is 10.6. The first-order valence-electron chi connectivity index (χ1n) is 7.23. The third kappa shape index (κ3) is 3.75. The zero-order valence-corrected chi connectivity index (χ0v) is 14.3. The van der Waals surface area contributed by atoms with Crippen LogP contribution in [0.1, 0.15) is 21.5 Å². The number of carbonyl (C=O) groups is 1. The van der Waals surface area contributed by atoms with Crippen LogP contribution >= 0.6 is 23.2 Å². The lowest BCUT2D eigenvalue weighted by atomic mass is 10.1. The number of aromatic nitrogens is 3. The Morgan fingerprint density at radius 3 is 2.58 bits per heavy atom. The highest BCUT2D eigenvalue weighted by molar-refractivity contribution is 6.35. The van der Waals surface area contributed by atoms with Gasteiger partial charge in [-0.1, -0.05) is 47.0 Å². The molecule has 5 nitrogen and oxygen atoms in total. The van der Waals surface area contributed by atoms with Gasteiger partial charge in [-0.05, 0) is 31.2 Å². The van der Waals surface area contributed by atoms with Gasteiger partial charge in [-0.3, -0.25) is 10.1 Å². The maximum Gasteiger partial charge on any atom is 0.258 e. The maximum atomic E-state index is 12.2. The Morgan fingerprint density at radius 2 is 1.88 bits per heavy atom. The van der Waals surface area contributed by atoms with Crippen molar-refractivity contribution >= 4 is 35.1 Å². The van der Waals surface area contributed by atoms with Crippen LogP contribution in [0.15, 0.2) is 48.8 Å². The third-order valence-corrected chi connectivity index (χ3v) is 4.13. The molecule has 3 aromatic rings. The monoisotopic (exact) mass is 360 g/mol. The van der Waals surface area contributed by atoms with Gasteiger partial charge in [-0.15, -0.1) is 5.10 Å². The van der Waals surface area contributed by atoms with Crippen LogP contribution in [0.3, 0.4) is 0 Å². The largest absolute Gasteiger partial charge is 0.289 e. The summed E-state index contributed by atoms with van der Waals surface area (Å²) in [6.07, 6.45) is 1.52. The molecule has 0 spiro atoms. The topological polar surface area (TPSA) is 59.8 Å². The average Bonchev–Trinajstić information content (AvgIpc) is 2.98. The molecule has 0 radical (unpaired) electrons. The highest BCUT2D eigenvalue weighted by Crippen LogP contribution is 2.24. The molecule has 0 aliphatic heterocycles. The first-order chi connectivity index (χ1) is 11.5. The molecule has 0 atom stereocenters. The first-order valence-corrected chi connectivity index (χ1v) is 7.99. The van der Waals surface area contributed by atoms with E-state index in [2.05, 4.69) is 15.4 Å². The number of anilines is 1. The van der Waals surface area contributed by atoms with Crippen LogP contribution in [0, 0.1) is 6.92 Å². The molecule has 0 saturated carbocycles. The highest BCUT2D eigenvalue weighted by Gasteiger charge is 2.11. The number of halogens is 2. The molecule has 0 fully saturated rings. The summed E-state index contributed by atoms with van der Waals surface area (Å²) in [5.41, 5.74) is 2.32. The van der Waals surface area contributed by atoms with E-state index in [0.29, 0.717) is 22.2 Å². The Kier molecular flexibility index (Phi) is 4.83. The second-order valence-electron chi connectivity index (χ2n) is 5.29. The Bertz CT molecular complexity index is 872. The average molecular weight is 361 g/mol. The van der Waals surface area contributed by atoms with Crippen LogP contribution in [-0.4, -0.2) is 20.7 Å². The number of amides is 1. The van der Waals surface area contributed by atoms with E-state index in [1.165, 1.54) is 6.33 Å². The minimum absolute atomic E-state index is 0.227. The fourth-order valence-electron chi connectivity index (χ4n) is 2.23. The quantitative estimate of drug-likeness (QED) is 0.758. The van der Waals surface area contributed by atoms with E-state index in [4.69, 9.17) is 23.2 Å². The highest BCUT2D eigenvalue weighted by atomic mass is 35.5. The summed E-state index contributed by atoms with van der Waals surface area (Å²) in [7, 11) is 0. The van der Waals surface area contributed by atoms with Gasteiger partial charge >= 0.3 is 0 Å². The molecule has 122 valence electrons. The van der Waals surface area contributed by atoms with Crippen LogP contribution < -0.4 is 5.32 Å². The minimum Gasteiger partial charge on any atom is -0.289 e. The van der Waals surface area contributed by atoms with Gasteiger partial charge in [-0.2, -0.15) is 0 Å². The smallest absolute Gasteiger partial charge is 0.258 e. The molecule has 0 aliphatic carbocycles. The van der Waals surface area contributed by atoms with Gasteiger partial charge in [0.1, 0.15) is 6.33 Å². The van der Waals surface area contributed by atoms with Crippen LogP contribution in [0.5, 0.6) is 0 Å². The third-order valence-electron chi connectivity index (χ3n) is 3.42. The van der Waals surface area contributed by atoms with Gasteiger partial charge in [-0.25, -0.2) is 9.67 Å². The molecule has 24 heavy (non-hydrogen) atoms. The lowest BCUT2D eigenvalue weighted by molar-refractivity contribution is 0.102. The molecular weight excluding hydrogens is 347 g/mol. The lowest BCUT2D eigenvalue weighted by Crippen LogP contribution is -2.13. The van der Waals surface area contributed by atoms with E-state index in [0.717, 1.165) is 11.1 Å². The number of benzene rings is 2. The molecule has 0 aliphatic rings.